The summed E-state index contributed by atoms with van der Waals surface area (Å²) in [6, 6.07) is 28.6. The van der Waals surface area contributed by atoms with E-state index < -0.39 is 6.03 Å². The van der Waals surface area contributed by atoms with Gasteiger partial charge in [-0.05, 0) is 74.2 Å². The van der Waals surface area contributed by atoms with Crippen LogP contribution in [-0.2, 0) is 16.0 Å². The molecule has 8 rings (SSSR count). The highest BCUT2D eigenvalue weighted by Gasteiger charge is 2.26. The molecule has 3 fully saturated rings. The predicted octanol–water partition coefficient (Wildman–Crippen LogP) is 6.46. The van der Waals surface area contributed by atoms with E-state index in [0.29, 0.717) is 13.1 Å². The van der Waals surface area contributed by atoms with Gasteiger partial charge in [0, 0.05) is 100 Å². The summed E-state index contributed by atoms with van der Waals surface area (Å²) in [7, 11) is 0. The first-order valence-electron chi connectivity index (χ1n) is 23.4. The van der Waals surface area contributed by atoms with Crippen LogP contribution >= 0.6 is 0 Å². The molecule has 5 heterocycles. The second kappa shape index (κ2) is 21.7. The number of β-amino-alcohol motifs (C(OH)–C–C–N with tert-alkyl or cyclic N) is 1. The van der Waals surface area contributed by atoms with Crippen LogP contribution in [0, 0.1) is 6.92 Å². The van der Waals surface area contributed by atoms with E-state index in [1.54, 1.807) is 4.90 Å². The molecule has 3 aliphatic heterocycles. The van der Waals surface area contributed by atoms with Crippen LogP contribution in [0.15, 0.2) is 84.9 Å². The number of piperazine rings is 2. The third-order valence-corrected chi connectivity index (χ3v) is 13.0. The number of rotatable bonds is 19. The lowest BCUT2D eigenvalue weighted by atomic mass is 10.0. The highest BCUT2D eigenvalue weighted by molar-refractivity contribution is 6.05. The van der Waals surface area contributed by atoms with Crippen molar-refractivity contribution in [1.82, 2.24) is 34.6 Å². The maximum Gasteiger partial charge on any atom is 0.328 e. The lowest BCUT2D eigenvalue weighted by Crippen LogP contribution is -2.50. The third kappa shape index (κ3) is 11.3. The van der Waals surface area contributed by atoms with Crippen molar-refractivity contribution in [2.75, 3.05) is 100 Å². The molecule has 64 heavy (non-hydrogen) atoms. The van der Waals surface area contributed by atoms with E-state index in [2.05, 4.69) is 86.9 Å². The molecule has 3 aliphatic rings. The molecule has 0 bridgehead atoms. The monoisotopic (exact) mass is 869 g/mol. The smallest absolute Gasteiger partial charge is 0.328 e. The van der Waals surface area contributed by atoms with Gasteiger partial charge in [-0.15, -0.1) is 0 Å². The number of urea groups is 1. The van der Waals surface area contributed by atoms with E-state index >= 15 is 0 Å². The largest absolute Gasteiger partial charge is 0.395 e. The first-order chi connectivity index (χ1) is 31.3. The molecule has 3 saturated heterocycles. The number of imide groups is 1. The van der Waals surface area contributed by atoms with Gasteiger partial charge >= 0.3 is 6.03 Å². The Kier molecular flexibility index (Phi) is 15.2. The highest BCUT2D eigenvalue weighted by Crippen LogP contribution is 2.33. The number of hydrogen-bond donors (Lipinski definition) is 3. The number of nitrogens with one attached hydrogen (secondary N) is 2. The Bertz CT molecular complexity index is 2340. The Balaban J connectivity index is 0.740. The van der Waals surface area contributed by atoms with Crippen LogP contribution in [0.5, 0.6) is 0 Å². The summed E-state index contributed by atoms with van der Waals surface area (Å²) in [5, 5.41) is 20.1. The number of carbonyl (C=O) groups excluding carboxylic acids is 3. The quantitative estimate of drug-likeness (QED) is 0.0793. The third-order valence-electron chi connectivity index (χ3n) is 13.0. The maximum absolute atomic E-state index is 12.9. The Hall–Kier alpha value is -5.83. The lowest BCUT2D eigenvalue weighted by Gasteiger charge is -2.35. The topological polar surface area (TPSA) is 142 Å². The lowest BCUT2D eigenvalue weighted by molar-refractivity contribution is -0.131. The second-order valence-corrected chi connectivity index (χ2v) is 17.4. The van der Waals surface area contributed by atoms with Gasteiger partial charge in [0.15, 0.2) is 5.65 Å². The van der Waals surface area contributed by atoms with Gasteiger partial charge in [-0.3, -0.25) is 29.6 Å². The van der Waals surface area contributed by atoms with Gasteiger partial charge in [-0.25, -0.2) is 9.78 Å². The molecule has 0 saturated carbocycles. The summed E-state index contributed by atoms with van der Waals surface area (Å²) in [6.45, 7) is 11.5. The Morgan fingerprint density at radius 2 is 1.42 bits per heavy atom. The minimum atomic E-state index is -0.406. The molecule has 3 N–H and O–H groups in total. The van der Waals surface area contributed by atoms with Crippen LogP contribution in [0.3, 0.4) is 0 Å². The molecule has 338 valence electrons. The van der Waals surface area contributed by atoms with Gasteiger partial charge in [0.1, 0.15) is 5.82 Å². The number of aromatic nitrogens is 3. The van der Waals surface area contributed by atoms with Gasteiger partial charge in [0.05, 0.1) is 24.5 Å². The summed E-state index contributed by atoms with van der Waals surface area (Å²) in [4.78, 5) is 52.5. The number of amides is 4. The SMILES string of the molecule is Cc1nn2c(N3CCN(CCO)CC3)cc(-c3cccc(CCCCCCCCCN4CCN(C(=O)CNc5ccc(N6CCC(=O)NC6=O)cc5)CC4)c3)nc2c1-c1ccccc1. The number of anilines is 3. The zero-order chi connectivity index (χ0) is 44.3. The molecule has 0 atom stereocenters. The van der Waals surface area contributed by atoms with Crippen LogP contribution in [0.4, 0.5) is 22.0 Å². The van der Waals surface area contributed by atoms with Gasteiger partial charge in [0.25, 0.3) is 0 Å². The zero-order valence-corrected chi connectivity index (χ0v) is 37.4. The fourth-order valence-electron chi connectivity index (χ4n) is 9.28. The molecular weight excluding hydrogens is 805 g/mol. The number of hydrogen-bond acceptors (Lipinski definition) is 10. The van der Waals surface area contributed by atoms with E-state index in [4.69, 9.17) is 10.1 Å². The number of carbonyl (C=O) groups is 3. The highest BCUT2D eigenvalue weighted by atomic mass is 16.3. The summed E-state index contributed by atoms with van der Waals surface area (Å²) < 4.78 is 2.04. The number of benzene rings is 3. The van der Waals surface area contributed by atoms with E-state index in [-0.39, 0.29) is 31.4 Å². The van der Waals surface area contributed by atoms with Crippen LogP contribution < -0.4 is 20.4 Å². The molecule has 0 spiro atoms. The average Bonchev–Trinajstić information content (AvgIpc) is 3.66. The molecule has 14 heteroatoms. The predicted molar refractivity (Wildman–Crippen MR) is 254 cm³/mol. The molecule has 14 nitrogen and oxygen atoms in total. The van der Waals surface area contributed by atoms with Crippen molar-refractivity contribution in [3.8, 4) is 22.4 Å². The molecule has 2 aromatic heterocycles. The first-order valence-corrected chi connectivity index (χ1v) is 23.4. The van der Waals surface area contributed by atoms with Gasteiger partial charge in [-0.1, -0.05) is 80.6 Å². The summed E-state index contributed by atoms with van der Waals surface area (Å²) >= 11 is 0. The number of unbranched alkanes of at least 4 members (excludes halogenated alkanes) is 6. The fourth-order valence-corrected chi connectivity index (χ4v) is 9.28. The van der Waals surface area contributed by atoms with Crippen molar-refractivity contribution in [1.29, 1.82) is 0 Å². The Labute approximate surface area is 377 Å². The normalized spacial score (nSPS) is 16.4. The van der Waals surface area contributed by atoms with Gasteiger partial charge < -0.3 is 20.2 Å². The minimum absolute atomic E-state index is 0.0950. The fraction of sp³-hybridized carbons (Fsp3) is 0.460. The molecule has 0 unspecified atom stereocenters. The van der Waals surface area contributed by atoms with Crippen LogP contribution in [-0.4, -0.2) is 137 Å². The van der Waals surface area contributed by atoms with E-state index in [0.717, 1.165) is 116 Å². The number of aryl methyl sites for hydroxylation is 2. The second-order valence-electron chi connectivity index (χ2n) is 17.4. The molecular formula is C50H64N10O4. The standard InChI is InChI=1S/C50H64N10O4/c1-38-48(40-15-9-7-10-16-40)49-52-44(36-46(60(49)54-38)57-29-25-56(26-30-57)33-34-61)41-17-12-14-39(35-41)13-8-5-3-2-4-6-11-23-55-27-31-58(32-28-55)47(63)37-51-42-18-20-43(21-19-42)59-24-22-45(62)53-50(59)64/h7,9-10,12,14-21,35-36,51,61H,2-6,8,11,13,22-34,37H2,1H3,(H,53,62,64). The van der Waals surface area contributed by atoms with Crippen molar-refractivity contribution < 1.29 is 19.5 Å². The molecule has 5 aromatic rings. The maximum atomic E-state index is 12.9. The molecule has 0 aliphatic carbocycles. The summed E-state index contributed by atoms with van der Waals surface area (Å²) in [5.74, 6) is 0.905. The van der Waals surface area contributed by atoms with E-state index in [9.17, 15) is 19.5 Å². The summed E-state index contributed by atoms with van der Waals surface area (Å²) in [5.41, 5.74) is 9.03. The van der Waals surface area contributed by atoms with Crippen LogP contribution in [0.25, 0.3) is 28.0 Å². The van der Waals surface area contributed by atoms with Crippen molar-refractivity contribution in [2.24, 2.45) is 0 Å². The molecule has 4 amide bonds. The average molecular weight is 869 g/mol. The number of aliphatic hydroxyl groups is 1. The van der Waals surface area contributed by atoms with Crippen molar-refractivity contribution in [2.45, 2.75) is 64.7 Å². The zero-order valence-electron chi connectivity index (χ0n) is 37.4. The van der Waals surface area contributed by atoms with Crippen molar-refractivity contribution in [3.05, 3.63) is 96.2 Å². The number of fused-ring (bicyclic) bond motifs is 1. The van der Waals surface area contributed by atoms with Gasteiger partial charge in [0.2, 0.25) is 11.8 Å². The van der Waals surface area contributed by atoms with Crippen LogP contribution in [0.2, 0.25) is 0 Å². The minimum Gasteiger partial charge on any atom is -0.395 e. The Morgan fingerprint density at radius 3 is 2.16 bits per heavy atom. The Morgan fingerprint density at radius 1 is 0.734 bits per heavy atom. The first kappa shape index (κ1) is 44.8. The van der Waals surface area contributed by atoms with Crippen molar-refractivity contribution in [3.63, 3.8) is 0 Å². The van der Waals surface area contributed by atoms with E-state index in [1.165, 1.54) is 50.5 Å². The van der Waals surface area contributed by atoms with Gasteiger partial charge in [-0.2, -0.15) is 9.61 Å². The van der Waals surface area contributed by atoms with E-state index in [1.807, 2.05) is 39.7 Å². The molecule has 0 radical (unpaired) electrons. The number of aliphatic hydroxyl groups excluding tert-OH is 1. The number of nitrogens with zero attached hydrogens (tertiary/aromatic N) is 8. The summed E-state index contributed by atoms with van der Waals surface area (Å²) in [6.07, 6.45) is 9.96. The van der Waals surface area contributed by atoms with Crippen molar-refractivity contribution >= 4 is 40.7 Å². The van der Waals surface area contributed by atoms with Crippen LogP contribution in [0.1, 0.15) is 62.6 Å². The molecule has 3 aromatic carbocycles.